The topological polar surface area (TPSA) is 60.4 Å². The van der Waals surface area contributed by atoms with Gasteiger partial charge >= 0.3 is 0 Å². The van der Waals surface area contributed by atoms with Crippen molar-refractivity contribution in [3.8, 4) is 0 Å². The summed E-state index contributed by atoms with van der Waals surface area (Å²) in [5, 5.41) is 3.55. The van der Waals surface area contributed by atoms with Crippen LogP contribution in [0.1, 0.15) is 25.7 Å². The Hall–Kier alpha value is -1.34. The first-order chi connectivity index (χ1) is 12.2. The van der Waals surface area contributed by atoms with Crippen molar-refractivity contribution in [3.05, 3.63) is 0 Å². The Kier molecular flexibility index (Phi) is 6.53. The molecule has 3 aliphatic heterocycles. The van der Waals surface area contributed by atoms with Gasteiger partial charge in [0.05, 0.1) is 0 Å². The molecule has 0 aromatic heterocycles. The van der Waals surface area contributed by atoms with Gasteiger partial charge in [-0.2, -0.15) is 0 Å². The van der Waals surface area contributed by atoms with E-state index in [0.29, 0.717) is 5.92 Å². The molecule has 0 aliphatic carbocycles. The van der Waals surface area contributed by atoms with Crippen LogP contribution in [0.25, 0.3) is 0 Å². The van der Waals surface area contributed by atoms with E-state index in [1.165, 1.54) is 19.4 Å². The van der Waals surface area contributed by atoms with Gasteiger partial charge in [-0.25, -0.2) is 0 Å². The number of rotatable bonds is 3. The van der Waals surface area contributed by atoms with Crippen LogP contribution in [0, 0.1) is 5.92 Å². The molecule has 25 heavy (non-hydrogen) atoms. The lowest BCUT2D eigenvalue weighted by molar-refractivity contribution is -0.142. The molecule has 2 unspecified atom stereocenters. The smallest absolute Gasteiger partial charge is 0.251 e. The fourth-order valence-corrected chi connectivity index (χ4v) is 4.12. The van der Waals surface area contributed by atoms with Gasteiger partial charge in [-0.3, -0.25) is 9.79 Å². The van der Waals surface area contributed by atoms with Crippen LogP contribution in [0.15, 0.2) is 4.99 Å². The fraction of sp³-hybridized carbons (Fsp3) is 0.889. The van der Waals surface area contributed by atoms with E-state index in [9.17, 15) is 4.79 Å². The number of ether oxygens (including phenoxy) is 1. The first-order valence-corrected chi connectivity index (χ1v) is 9.72. The van der Waals surface area contributed by atoms with Crippen LogP contribution in [-0.2, 0) is 9.53 Å². The van der Waals surface area contributed by atoms with Crippen LogP contribution in [-0.4, -0.2) is 99.2 Å². The molecule has 0 bridgehead atoms. The number of nitrogens with one attached hydrogen (secondary N) is 1. The number of piperidine rings is 1. The highest BCUT2D eigenvalue weighted by Crippen LogP contribution is 2.16. The molecule has 1 amide bonds. The zero-order valence-corrected chi connectivity index (χ0v) is 15.7. The van der Waals surface area contributed by atoms with Crippen molar-refractivity contribution >= 4 is 11.9 Å². The summed E-state index contributed by atoms with van der Waals surface area (Å²) in [7, 11) is 4.05. The van der Waals surface area contributed by atoms with Crippen molar-refractivity contribution in [2.75, 3.05) is 66.5 Å². The number of carbonyl (C=O) groups excluding carboxylic acids is 1. The average Bonchev–Trinajstić information content (AvgIpc) is 3.17. The maximum atomic E-state index is 12.4. The highest BCUT2D eigenvalue weighted by atomic mass is 16.5. The summed E-state index contributed by atoms with van der Waals surface area (Å²) in [6, 6.07) is 0. The number of hydrogen-bond acceptors (Lipinski definition) is 4. The minimum atomic E-state index is -0.202. The van der Waals surface area contributed by atoms with Crippen LogP contribution < -0.4 is 5.32 Å². The van der Waals surface area contributed by atoms with E-state index < -0.39 is 0 Å². The molecule has 7 heteroatoms. The van der Waals surface area contributed by atoms with Crippen LogP contribution in [0.3, 0.4) is 0 Å². The summed E-state index contributed by atoms with van der Waals surface area (Å²) < 4.78 is 5.53. The van der Waals surface area contributed by atoms with E-state index in [4.69, 9.17) is 4.74 Å². The third kappa shape index (κ3) is 4.85. The molecule has 3 saturated heterocycles. The predicted molar refractivity (Wildman–Crippen MR) is 98.7 cm³/mol. The second kappa shape index (κ2) is 8.85. The zero-order valence-electron chi connectivity index (χ0n) is 15.7. The maximum absolute atomic E-state index is 12.4. The zero-order chi connectivity index (χ0) is 17.6. The standard InChI is InChI=1S/C18H33N5O2/c1-19-18(20-13-15-5-3-7-21(2)14-15)23-10-8-22(9-11-23)17(24)16-6-4-12-25-16/h15-16H,3-14H2,1-2H3,(H,19,20). The summed E-state index contributed by atoms with van der Waals surface area (Å²) in [5.41, 5.74) is 0. The van der Waals surface area contributed by atoms with Crippen molar-refractivity contribution in [1.82, 2.24) is 20.0 Å². The second-order valence-corrected chi connectivity index (χ2v) is 7.51. The molecule has 0 aromatic carbocycles. The largest absolute Gasteiger partial charge is 0.368 e. The van der Waals surface area contributed by atoms with Gasteiger partial charge < -0.3 is 24.8 Å². The van der Waals surface area contributed by atoms with E-state index in [0.717, 1.165) is 64.7 Å². The van der Waals surface area contributed by atoms with Gasteiger partial charge in [0.15, 0.2) is 5.96 Å². The Morgan fingerprint density at radius 1 is 1.12 bits per heavy atom. The Morgan fingerprint density at radius 2 is 1.88 bits per heavy atom. The van der Waals surface area contributed by atoms with Gasteiger partial charge in [0.1, 0.15) is 6.10 Å². The molecule has 3 heterocycles. The number of amides is 1. The van der Waals surface area contributed by atoms with Gasteiger partial charge in [-0.15, -0.1) is 0 Å². The van der Waals surface area contributed by atoms with E-state index in [1.54, 1.807) is 0 Å². The first-order valence-electron chi connectivity index (χ1n) is 9.72. The molecule has 3 fully saturated rings. The van der Waals surface area contributed by atoms with Crippen molar-refractivity contribution in [1.29, 1.82) is 0 Å². The quantitative estimate of drug-likeness (QED) is 0.583. The Labute approximate surface area is 151 Å². The fourth-order valence-electron chi connectivity index (χ4n) is 4.12. The number of aliphatic imine (C=N–C) groups is 1. The lowest BCUT2D eigenvalue weighted by Gasteiger charge is -2.38. The summed E-state index contributed by atoms with van der Waals surface area (Å²) in [5.74, 6) is 1.83. The third-order valence-corrected chi connectivity index (χ3v) is 5.58. The molecule has 3 rings (SSSR count). The third-order valence-electron chi connectivity index (χ3n) is 5.58. The maximum Gasteiger partial charge on any atom is 0.251 e. The lowest BCUT2D eigenvalue weighted by atomic mass is 9.98. The van der Waals surface area contributed by atoms with E-state index in [2.05, 4.69) is 27.2 Å². The van der Waals surface area contributed by atoms with E-state index >= 15 is 0 Å². The van der Waals surface area contributed by atoms with E-state index in [1.807, 2.05) is 11.9 Å². The Balaban J connectivity index is 1.43. The molecule has 142 valence electrons. The number of likely N-dealkylation sites (tertiary alicyclic amines) is 1. The van der Waals surface area contributed by atoms with Gasteiger partial charge in [0.2, 0.25) is 0 Å². The SMILES string of the molecule is CN=C(NCC1CCCN(C)C1)N1CCN(C(=O)C2CCCO2)CC1. The van der Waals surface area contributed by atoms with Crippen molar-refractivity contribution in [3.63, 3.8) is 0 Å². The molecule has 0 saturated carbocycles. The predicted octanol–water partition coefficient (Wildman–Crippen LogP) is 0.227. The number of carbonyl (C=O) groups is 1. The summed E-state index contributed by atoms with van der Waals surface area (Å²) in [6.07, 6.45) is 4.25. The summed E-state index contributed by atoms with van der Waals surface area (Å²) in [6.45, 7) is 7.26. The Morgan fingerprint density at radius 3 is 2.52 bits per heavy atom. The van der Waals surface area contributed by atoms with Crippen LogP contribution in [0.2, 0.25) is 0 Å². The molecular weight excluding hydrogens is 318 g/mol. The average molecular weight is 351 g/mol. The van der Waals surface area contributed by atoms with Crippen LogP contribution in [0.4, 0.5) is 0 Å². The summed E-state index contributed by atoms with van der Waals surface area (Å²) in [4.78, 5) is 23.5. The number of piperazine rings is 1. The number of hydrogen-bond donors (Lipinski definition) is 1. The molecule has 0 spiro atoms. The normalized spacial score (nSPS) is 29.1. The van der Waals surface area contributed by atoms with Crippen LogP contribution in [0.5, 0.6) is 0 Å². The van der Waals surface area contributed by atoms with Crippen molar-refractivity contribution in [2.24, 2.45) is 10.9 Å². The molecule has 2 atom stereocenters. The van der Waals surface area contributed by atoms with Gasteiger partial charge in [0.25, 0.3) is 5.91 Å². The second-order valence-electron chi connectivity index (χ2n) is 7.51. The monoisotopic (exact) mass is 351 g/mol. The molecule has 0 aromatic rings. The molecule has 3 aliphatic rings. The van der Waals surface area contributed by atoms with Crippen molar-refractivity contribution < 1.29 is 9.53 Å². The van der Waals surface area contributed by atoms with Gasteiger partial charge in [-0.1, -0.05) is 0 Å². The Bertz CT molecular complexity index is 470. The minimum absolute atomic E-state index is 0.172. The lowest BCUT2D eigenvalue weighted by Crippen LogP contribution is -2.56. The highest BCUT2D eigenvalue weighted by molar-refractivity contribution is 5.82. The minimum Gasteiger partial charge on any atom is -0.368 e. The summed E-state index contributed by atoms with van der Waals surface area (Å²) >= 11 is 0. The van der Waals surface area contributed by atoms with Gasteiger partial charge in [-0.05, 0) is 45.2 Å². The number of nitrogens with zero attached hydrogens (tertiary/aromatic N) is 4. The highest BCUT2D eigenvalue weighted by Gasteiger charge is 2.31. The number of guanidine groups is 1. The molecule has 1 N–H and O–H groups in total. The van der Waals surface area contributed by atoms with E-state index in [-0.39, 0.29) is 12.0 Å². The molecule has 0 radical (unpaired) electrons. The first kappa shape index (κ1) is 18.5. The van der Waals surface area contributed by atoms with Crippen LogP contribution >= 0.6 is 0 Å². The van der Waals surface area contributed by atoms with Crippen molar-refractivity contribution in [2.45, 2.75) is 31.8 Å². The molecule has 7 nitrogen and oxygen atoms in total. The van der Waals surface area contributed by atoms with Gasteiger partial charge in [0, 0.05) is 52.9 Å². The molecular formula is C18H33N5O2.